The smallest absolute Gasteiger partial charge is 0.410 e. The van der Waals surface area contributed by atoms with Crippen LogP contribution in [0.1, 0.15) is 12.0 Å². The summed E-state index contributed by atoms with van der Waals surface area (Å²) < 4.78 is 6.45. The fourth-order valence-electron chi connectivity index (χ4n) is 3.74. The molecule has 0 bridgehead atoms. The topological polar surface area (TPSA) is 82.6 Å². The zero-order valence-electron chi connectivity index (χ0n) is 18.9. The zero-order valence-corrected chi connectivity index (χ0v) is 19.7. The molecule has 1 saturated heterocycles. The van der Waals surface area contributed by atoms with Crippen molar-refractivity contribution in [1.82, 2.24) is 25.1 Å². The van der Waals surface area contributed by atoms with E-state index in [9.17, 15) is 4.79 Å². The van der Waals surface area contributed by atoms with Gasteiger partial charge in [0, 0.05) is 56.1 Å². The molecule has 0 radical (unpaired) electrons. The van der Waals surface area contributed by atoms with E-state index in [4.69, 9.17) is 9.72 Å². The maximum absolute atomic E-state index is 11.7. The van der Waals surface area contributed by atoms with Gasteiger partial charge < -0.3 is 25.2 Å². The van der Waals surface area contributed by atoms with Crippen molar-refractivity contribution in [2.45, 2.75) is 13.3 Å². The number of aryl methyl sites for hydroxylation is 1. The molecule has 1 aromatic carbocycles. The van der Waals surface area contributed by atoms with Crippen LogP contribution in [0.4, 0.5) is 10.7 Å². The van der Waals surface area contributed by atoms with Crippen LogP contribution in [-0.4, -0.2) is 79.2 Å². The summed E-state index contributed by atoms with van der Waals surface area (Å²) in [6, 6.07) is 7.74. The predicted molar refractivity (Wildman–Crippen MR) is 130 cm³/mol. The zero-order chi connectivity index (χ0) is 22.5. The molecule has 0 aliphatic carbocycles. The fraction of sp³-hybridized carbons (Fsp3) is 0.435. The maximum atomic E-state index is 11.7. The number of ether oxygens (including phenoxy) is 1. The van der Waals surface area contributed by atoms with Gasteiger partial charge in [-0.25, -0.2) is 14.8 Å². The van der Waals surface area contributed by atoms with Crippen molar-refractivity contribution in [1.29, 1.82) is 0 Å². The van der Waals surface area contributed by atoms with Crippen LogP contribution in [0.2, 0.25) is 0 Å². The summed E-state index contributed by atoms with van der Waals surface area (Å²) in [5.41, 5.74) is 1.90. The number of hydrogen-bond donors (Lipinski definition) is 2. The lowest BCUT2D eigenvalue weighted by molar-refractivity contribution is 0.154. The van der Waals surface area contributed by atoms with E-state index < -0.39 is 6.09 Å². The van der Waals surface area contributed by atoms with Gasteiger partial charge in [-0.2, -0.15) is 0 Å². The number of nitrogens with zero attached hydrogens (tertiary/aromatic N) is 4. The minimum Gasteiger partial charge on any atom is -0.410 e. The molecule has 4 rings (SSSR count). The van der Waals surface area contributed by atoms with E-state index in [1.54, 1.807) is 24.5 Å². The first-order chi connectivity index (χ1) is 15.5. The Morgan fingerprint density at radius 1 is 1.25 bits per heavy atom. The molecule has 8 nitrogen and oxygen atoms in total. The number of anilines is 1. The molecule has 1 aliphatic heterocycles. The molecule has 2 N–H and O–H groups in total. The normalized spacial score (nSPS) is 15.1. The number of rotatable bonds is 7. The Morgan fingerprint density at radius 3 is 2.84 bits per heavy atom. The number of aromatic nitrogens is 2. The summed E-state index contributed by atoms with van der Waals surface area (Å²) in [6.45, 7) is 8.50. The van der Waals surface area contributed by atoms with Gasteiger partial charge >= 0.3 is 6.09 Å². The largest absolute Gasteiger partial charge is 0.412 e. The highest BCUT2D eigenvalue weighted by atomic mass is 32.1. The molecule has 32 heavy (non-hydrogen) atoms. The van der Waals surface area contributed by atoms with E-state index in [1.807, 2.05) is 31.3 Å². The van der Waals surface area contributed by atoms with Gasteiger partial charge in [0.15, 0.2) is 0 Å². The highest BCUT2D eigenvalue weighted by molar-refractivity contribution is 7.22. The first-order valence-electron chi connectivity index (χ1n) is 10.9. The van der Waals surface area contributed by atoms with Crippen molar-refractivity contribution in [3.8, 4) is 16.3 Å². The SMILES string of the molecule is CNC(=O)Oc1cccc2sc(-c3nc(NCCCN4CCN(C)CC4)ncc3C)cc12. The van der Waals surface area contributed by atoms with Crippen LogP contribution in [0, 0.1) is 6.92 Å². The van der Waals surface area contributed by atoms with Crippen molar-refractivity contribution >= 4 is 33.5 Å². The number of likely N-dealkylation sites (N-methyl/N-ethyl adjacent to an activating group) is 1. The van der Waals surface area contributed by atoms with Crippen molar-refractivity contribution in [2.75, 3.05) is 58.7 Å². The van der Waals surface area contributed by atoms with Crippen LogP contribution >= 0.6 is 11.3 Å². The molecule has 9 heteroatoms. The molecule has 3 aromatic rings. The number of hydrogen-bond acceptors (Lipinski definition) is 8. The minimum absolute atomic E-state index is 0.480. The highest BCUT2D eigenvalue weighted by Gasteiger charge is 2.15. The summed E-state index contributed by atoms with van der Waals surface area (Å²) in [5, 5.41) is 6.76. The average molecular weight is 455 g/mol. The number of piperazine rings is 1. The van der Waals surface area contributed by atoms with E-state index in [-0.39, 0.29) is 0 Å². The second-order valence-corrected chi connectivity index (χ2v) is 9.15. The van der Waals surface area contributed by atoms with Crippen molar-refractivity contribution in [3.63, 3.8) is 0 Å². The Balaban J connectivity index is 1.44. The second kappa shape index (κ2) is 10.2. The standard InChI is InChI=1S/C23H30N6O2S/c1-16-15-26-22(25-8-5-9-29-12-10-28(3)11-13-29)27-21(16)20-14-17-18(31-23(30)24-2)6-4-7-19(17)32-20/h4,6-7,14-15H,5,8-13H2,1-3H3,(H,24,30)(H,25,26,27). The average Bonchev–Trinajstić information content (AvgIpc) is 3.24. The van der Waals surface area contributed by atoms with Crippen molar-refractivity contribution < 1.29 is 9.53 Å². The number of nitrogens with one attached hydrogen (secondary N) is 2. The van der Waals surface area contributed by atoms with E-state index in [2.05, 4.69) is 32.5 Å². The quantitative estimate of drug-likeness (QED) is 0.529. The Labute approximate surface area is 192 Å². The van der Waals surface area contributed by atoms with Gasteiger partial charge in [-0.1, -0.05) is 6.07 Å². The molecule has 0 spiro atoms. The third kappa shape index (κ3) is 5.35. The molecule has 2 aromatic heterocycles. The molecule has 1 fully saturated rings. The number of carbonyl (C=O) groups is 1. The molecule has 3 heterocycles. The molecular formula is C23H30N6O2S. The number of thiophene rings is 1. The lowest BCUT2D eigenvalue weighted by Crippen LogP contribution is -2.44. The lowest BCUT2D eigenvalue weighted by atomic mass is 10.2. The monoisotopic (exact) mass is 454 g/mol. The van der Waals surface area contributed by atoms with Gasteiger partial charge in [-0.05, 0) is 50.7 Å². The fourth-order valence-corrected chi connectivity index (χ4v) is 4.87. The summed E-state index contributed by atoms with van der Waals surface area (Å²) in [7, 11) is 3.73. The molecule has 1 amide bonds. The maximum Gasteiger partial charge on any atom is 0.412 e. The molecule has 0 unspecified atom stereocenters. The molecule has 0 saturated carbocycles. The first-order valence-corrected chi connectivity index (χ1v) is 11.8. The van der Waals surface area contributed by atoms with Gasteiger partial charge in [0.25, 0.3) is 0 Å². The van der Waals surface area contributed by atoms with Crippen LogP contribution in [0.3, 0.4) is 0 Å². The number of fused-ring (bicyclic) bond motifs is 1. The van der Waals surface area contributed by atoms with E-state index in [0.717, 1.165) is 71.9 Å². The van der Waals surface area contributed by atoms with E-state index in [1.165, 1.54) is 0 Å². The predicted octanol–water partition coefficient (Wildman–Crippen LogP) is 3.43. The Bertz CT molecular complexity index is 1080. The lowest BCUT2D eigenvalue weighted by Gasteiger charge is -2.32. The second-order valence-electron chi connectivity index (χ2n) is 8.07. The van der Waals surface area contributed by atoms with Gasteiger partial charge in [0.1, 0.15) is 5.75 Å². The summed E-state index contributed by atoms with van der Waals surface area (Å²) in [4.78, 5) is 26.8. The number of amides is 1. The van der Waals surface area contributed by atoms with E-state index in [0.29, 0.717) is 11.7 Å². The molecule has 0 atom stereocenters. The number of benzene rings is 1. The van der Waals surface area contributed by atoms with E-state index >= 15 is 0 Å². The van der Waals surface area contributed by atoms with Gasteiger partial charge in [-0.3, -0.25) is 0 Å². The van der Waals surface area contributed by atoms with Crippen molar-refractivity contribution in [3.05, 3.63) is 36.0 Å². The summed E-state index contributed by atoms with van der Waals surface area (Å²) >= 11 is 1.63. The highest BCUT2D eigenvalue weighted by Crippen LogP contribution is 2.38. The van der Waals surface area contributed by atoms with Crippen LogP contribution in [-0.2, 0) is 0 Å². The van der Waals surface area contributed by atoms with Crippen LogP contribution < -0.4 is 15.4 Å². The minimum atomic E-state index is -0.480. The first kappa shape index (κ1) is 22.4. The Kier molecular flexibility index (Phi) is 7.19. The third-order valence-corrected chi connectivity index (χ3v) is 6.77. The Hall–Kier alpha value is -2.75. The van der Waals surface area contributed by atoms with Gasteiger partial charge in [0.2, 0.25) is 5.95 Å². The molecular weight excluding hydrogens is 424 g/mol. The van der Waals surface area contributed by atoms with Gasteiger partial charge in [-0.15, -0.1) is 11.3 Å². The summed E-state index contributed by atoms with van der Waals surface area (Å²) in [5.74, 6) is 1.18. The number of carbonyl (C=O) groups excluding carboxylic acids is 1. The van der Waals surface area contributed by atoms with Gasteiger partial charge in [0.05, 0.1) is 10.6 Å². The van der Waals surface area contributed by atoms with Crippen LogP contribution in [0.5, 0.6) is 5.75 Å². The van der Waals surface area contributed by atoms with Crippen LogP contribution in [0.25, 0.3) is 20.7 Å². The molecule has 1 aliphatic rings. The third-order valence-electron chi connectivity index (χ3n) is 5.66. The summed E-state index contributed by atoms with van der Waals surface area (Å²) in [6.07, 6.45) is 2.43. The van der Waals surface area contributed by atoms with Crippen molar-refractivity contribution in [2.24, 2.45) is 0 Å². The Morgan fingerprint density at radius 2 is 2.06 bits per heavy atom. The van der Waals surface area contributed by atoms with Crippen LogP contribution in [0.15, 0.2) is 30.5 Å². The molecule has 170 valence electrons.